The number of hydrogen-bond donors (Lipinski definition) is 1. The van der Waals surface area contributed by atoms with Crippen LogP contribution in [0.2, 0.25) is 0 Å². The van der Waals surface area contributed by atoms with Crippen LogP contribution in [0.1, 0.15) is 63.9 Å². The highest BCUT2D eigenvalue weighted by Crippen LogP contribution is 2.60. The van der Waals surface area contributed by atoms with Crippen molar-refractivity contribution in [2.45, 2.75) is 69.8 Å². The maximum Gasteiger partial charge on any atom is 0.309 e. The van der Waals surface area contributed by atoms with Gasteiger partial charge in [-0.2, -0.15) is 0 Å². The molecule has 0 spiro atoms. The Kier molecular flexibility index (Phi) is 6.48. The van der Waals surface area contributed by atoms with E-state index in [1.54, 1.807) is 0 Å². The maximum absolute atomic E-state index is 11.9. The Hall–Kier alpha value is -1.59. The molecule has 1 saturated heterocycles. The van der Waals surface area contributed by atoms with Crippen LogP contribution in [0.4, 0.5) is 0 Å². The zero-order chi connectivity index (χ0) is 22.1. The predicted molar refractivity (Wildman–Crippen MR) is 124 cm³/mol. The fraction of sp³-hybridized carbons (Fsp3) is 0.741. The summed E-state index contributed by atoms with van der Waals surface area (Å²) in [5, 5.41) is 10.5. The third-order valence-electron chi connectivity index (χ3n) is 8.62. The lowest BCUT2D eigenvalue weighted by Crippen LogP contribution is -2.48. The number of hydrogen-bond acceptors (Lipinski definition) is 5. The number of aliphatic hydroxyl groups is 1. The molecule has 0 radical (unpaired) electrons. The number of ether oxygens (including phenoxy) is 2. The van der Waals surface area contributed by atoms with E-state index < -0.39 is 6.10 Å². The fourth-order valence-corrected chi connectivity index (χ4v) is 7.52. The highest BCUT2D eigenvalue weighted by atomic mass is 16.5. The molecule has 5 aliphatic rings. The Morgan fingerprint density at radius 1 is 1.06 bits per heavy atom. The second kappa shape index (κ2) is 9.34. The lowest BCUT2D eigenvalue weighted by molar-refractivity contribution is -0.149. The van der Waals surface area contributed by atoms with E-state index in [0.29, 0.717) is 25.2 Å². The molecule has 1 atom stereocenters. The lowest BCUT2D eigenvalue weighted by Gasteiger charge is -2.57. The van der Waals surface area contributed by atoms with E-state index in [4.69, 9.17) is 9.47 Å². The van der Waals surface area contributed by atoms with Crippen LogP contribution in [0.25, 0.3) is 0 Å². The molecule has 1 aromatic carbocycles. The molecule has 1 aromatic rings. The van der Waals surface area contributed by atoms with Crippen LogP contribution in [0, 0.1) is 23.7 Å². The van der Waals surface area contributed by atoms with Gasteiger partial charge < -0.3 is 19.5 Å². The SMILES string of the molecule is CCOC(=O)C1CCN(CC(O)COc2ccc(C34CC5CC(CC(C5)C3)C4)cc2)CC1. The third-order valence-corrected chi connectivity index (χ3v) is 8.62. The van der Waals surface area contributed by atoms with Gasteiger partial charge in [0.05, 0.1) is 12.5 Å². The minimum absolute atomic E-state index is 0.00656. The summed E-state index contributed by atoms with van der Waals surface area (Å²) in [6.07, 6.45) is 9.63. The van der Waals surface area contributed by atoms with Crippen molar-refractivity contribution >= 4 is 5.97 Å². The monoisotopic (exact) mass is 441 g/mol. The Morgan fingerprint density at radius 2 is 1.66 bits per heavy atom. The van der Waals surface area contributed by atoms with Crippen molar-refractivity contribution < 1.29 is 19.4 Å². The molecule has 1 N–H and O–H groups in total. The van der Waals surface area contributed by atoms with Gasteiger partial charge in [0.1, 0.15) is 18.5 Å². The molecular formula is C27H39NO4. The van der Waals surface area contributed by atoms with Gasteiger partial charge in [0.2, 0.25) is 0 Å². The zero-order valence-electron chi connectivity index (χ0n) is 19.5. The smallest absolute Gasteiger partial charge is 0.309 e. The Morgan fingerprint density at radius 3 is 2.22 bits per heavy atom. The van der Waals surface area contributed by atoms with Crippen LogP contribution in [0.3, 0.4) is 0 Å². The van der Waals surface area contributed by atoms with Crippen molar-refractivity contribution in [2.24, 2.45) is 23.7 Å². The number of carbonyl (C=O) groups excluding carboxylic acids is 1. The Labute approximate surface area is 192 Å². The molecule has 0 aromatic heterocycles. The number of β-amino-alcohol motifs (C(OH)–C–C–N with tert-alkyl or cyclic N) is 1. The third kappa shape index (κ3) is 4.70. The van der Waals surface area contributed by atoms with Crippen molar-refractivity contribution in [3.63, 3.8) is 0 Å². The average molecular weight is 442 g/mol. The summed E-state index contributed by atoms with van der Waals surface area (Å²) in [5.74, 6) is 3.64. The molecule has 5 nitrogen and oxygen atoms in total. The first-order valence-electron chi connectivity index (χ1n) is 12.8. The largest absolute Gasteiger partial charge is 0.491 e. The molecule has 1 unspecified atom stereocenters. The van der Waals surface area contributed by atoms with E-state index >= 15 is 0 Å². The molecule has 6 rings (SSSR count). The van der Waals surface area contributed by atoms with Crippen LogP contribution in [0.5, 0.6) is 5.75 Å². The quantitative estimate of drug-likeness (QED) is 0.614. The van der Waals surface area contributed by atoms with Crippen molar-refractivity contribution in [2.75, 3.05) is 32.8 Å². The van der Waals surface area contributed by atoms with E-state index in [1.165, 1.54) is 44.1 Å². The number of nitrogens with zero attached hydrogens (tertiary/aromatic N) is 1. The van der Waals surface area contributed by atoms with Gasteiger partial charge in [-0.3, -0.25) is 4.79 Å². The standard InChI is InChI=1S/C27H39NO4/c1-2-31-26(30)22-7-9-28(10-8-22)17-24(29)18-32-25-5-3-23(4-6-25)27-14-19-11-20(15-27)13-21(12-19)16-27/h3-6,19-22,24,29H,2,7-18H2,1H3. The van der Waals surface area contributed by atoms with Gasteiger partial charge in [-0.1, -0.05) is 12.1 Å². The minimum Gasteiger partial charge on any atom is -0.491 e. The Balaban J connectivity index is 1.08. The summed E-state index contributed by atoms with van der Waals surface area (Å²) in [4.78, 5) is 14.1. The maximum atomic E-state index is 11.9. The number of piperidine rings is 1. The average Bonchev–Trinajstić information content (AvgIpc) is 2.78. The van der Waals surface area contributed by atoms with Crippen molar-refractivity contribution in [1.29, 1.82) is 0 Å². The number of esters is 1. The molecule has 0 amide bonds. The zero-order valence-corrected chi connectivity index (χ0v) is 19.5. The lowest BCUT2D eigenvalue weighted by atomic mass is 9.48. The van der Waals surface area contributed by atoms with Crippen LogP contribution >= 0.6 is 0 Å². The number of likely N-dealkylation sites (tertiary alicyclic amines) is 1. The molecule has 4 saturated carbocycles. The van der Waals surface area contributed by atoms with Gasteiger partial charge in [-0.05, 0) is 112 Å². The van der Waals surface area contributed by atoms with Gasteiger partial charge in [0.25, 0.3) is 0 Å². The van der Waals surface area contributed by atoms with E-state index in [0.717, 1.165) is 49.4 Å². The van der Waals surface area contributed by atoms with Crippen molar-refractivity contribution in [3.8, 4) is 5.75 Å². The molecule has 5 fully saturated rings. The first-order valence-corrected chi connectivity index (χ1v) is 12.8. The van der Waals surface area contributed by atoms with Gasteiger partial charge >= 0.3 is 5.97 Å². The van der Waals surface area contributed by atoms with E-state index in [2.05, 4.69) is 29.2 Å². The van der Waals surface area contributed by atoms with Crippen LogP contribution < -0.4 is 4.74 Å². The number of aliphatic hydroxyl groups excluding tert-OH is 1. The van der Waals surface area contributed by atoms with Crippen LogP contribution in [-0.2, 0) is 14.9 Å². The summed E-state index contributed by atoms with van der Waals surface area (Å²) in [6, 6.07) is 8.78. The second-order valence-electron chi connectivity index (χ2n) is 11.0. The molecular weight excluding hydrogens is 402 g/mol. The topological polar surface area (TPSA) is 59.0 Å². The van der Waals surface area contributed by atoms with Crippen molar-refractivity contribution in [3.05, 3.63) is 29.8 Å². The molecule has 32 heavy (non-hydrogen) atoms. The van der Waals surface area contributed by atoms with Gasteiger partial charge in [0.15, 0.2) is 0 Å². The molecule has 1 heterocycles. The second-order valence-corrected chi connectivity index (χ2v) is 11.0. The number of carbonyl (C=O) groups is 1. The van der Waals surface area contributed by atoms with Crippen LogP contribution in [0.15, 0.2) is 24.3 Å². The van der Waals surface area contributed by atoms with Crippen molar-refractivity contribution in [1.82, 2.24) is 4.90 Å². The summed E-state index contributed by atoms with van der Waals surface area (Å²) >= 11 is 0. The molecule has 4 aliphatic carbocycles. The minimum atomic E-state index is -0.531. The Bertz CT molecular complexity index is 748. The first-order chi connectivity index (χ1) is 15.5. The van der Waals surface area contributed by atoms with E-state index in [9.17, 15) is 9.90 Å². The van der Waals surface area contributed by atoms with Gasteiger partial charge in [-0.15, -0.1) is 0 Å². The van der Waals surface area contributed by atoms with E-state index in [-0.39, 0.29) is 11.9 Å². The summed E-state index contributed by atoms with van der Waals surface area (Å²) in [6.45, 7) is 4.81. The molecule has 176 valence electrons. The molecule has 5 heteroatoms. The van der Waals surface area contributed by atoms with E-state index in [1.807, 2.05) is 6.92 Å². The van der Waals surface area contributed by atoms with Gasteiger partial charge in [-0.25, -0.2) is 0 Å². The number of benzene rings is 1. The number of rotatable bonds is 8. The summed E-state index contributed by atoms with van der Waals surface area (Å²) < 4.78 is 11.1. The van der Waals surface area contributed by atoms with Crippen LogP contribution in [-0.4, -0.2) is 54.9 Å². The molecule has 4 bridgehead atoms. The van der Waals surface area contributed by atoms with Gasteiger partial charge in [0, 0.05) is 6.54 Å². The summed E-state index contributed by atoms with van der Waals surface area (Å²) in [5.41, 5.74) is 1.93. The first kappa shape index (κ1) is 22.2. The highest BCUT2D eigenvalue weighted by Gasteiger charge is 2.51. The molecule has 1 aliphatic heterocycles. The normalized spacial score (nSPS) is 33.2. The highest BCUT2D eigenvalue weighted by molar-refractivity contribution is 5.72. The summed E-state index contributed by atoms with van der Waals surface area (Å²) in [7, 11) is 0. The fourth-order valence-electron chi connectivity index (χ4n) is 7.52. The predicted octanol–water partition coefficient (Wildman–Crippen LogP) is 4.17.